The quantitative estimate of drug-likeness (QED) is 0.448. The van der Waals surface area contributed by atoms with Crippen LogP contribution in [0, 0.1) is 20.8 Å². The molecule has 2 aromatic carbocycles. The van der Waals surface area contributed by atoms with Crippen LogP contribution in [0.1, 0.15) is 76.8 Å². The largest absolute Gasteiger partial charge is 0.444 e. The molecule has 2 aromatic rings. The first-order valence-corrected chi connectivity index (χ1v) is 12.8. The molecule has 0 heterocycles. The third-order valence-corrected chi connectivity index (χ3v) is 6.30. The van der Waals surface area contributed by atoms with E-state index in [-0.39, 0.29) is 0 Å². The van der Waals surface area contributed by atoms with Crippen LogP contribution in [-0.2, 0) is 14.3 Å². The van der Waals surface area contributed by atoms with E-state index in [1.54, 1.807) is 33.8 Å². The van der Waals surface area contributed by atoms with Gasteiger partial charge in [0.15, 0.2) is 0 Å². The molecule has 0 saturated carbocycles. The zero-order valence-corrected chi connectivity index (χ0v) is 24.3. The van der Waals surface area contributed by atoms with E-state index in [1.165, 1.54) is 4.90 Å². The number of hydrogen-bond donors (Lipinski definition) is 2. The SMILES string of the molecule is Cc1cccc(C(C(=O)Nc2c(C)cccc2Cl)N(C(=O)C(C)NC(=O)OC(C)(C)C)C(C)(C)C)c1C. The van der Waals surface area contributed by atoms with Crippen molar-refractivity contribution in [1.29, 1.82) is 0 Å². The Bertz CT molecular complexity index is 1140. The Morgan fingerprint density at radius 1 is 0.919 bits per heavy atom. The number of anilines is 1. The maximum atomic E-state index is 14.0. The van der Waals surface area contributed by atoms with Crippen molar-refractivity contribution in [3.05, 3.63) is 63.7 Å². The summed E-state index contributed by atoms with van der Waals surface area (Å²) >= 11 is 6.42. The minimum Gasteiger partial charge on any atom is -0.444 e. The first-order valence-electron chi connectivity index (χ1n) is 12.4. The number of carbonyl (C=O) groups excluding carboxylic acids is 3. The summed E-state index contributed by atoms with van der Waals surface area (Å²) in [7, 11) is 0. The number of nitrogens with zero attached hydrogens (tertiary/aromatic N) is 1. The molecular formula is C29H40ClN3O4. The van der Waals surface area contributed by atoms with Gasteiger partial charge in [0.05, 0.1) is 10.7 Å². The molecule has 2 atom stereocenters. The maximum absolute atomic E-state index is 14.0. The summed E-state index contributed by atoms with van der Waals surface area (Å²) in [6.07, 6.45) is -0.707. The molecule has 0 spiro atoms. The smallest absolute Gasteiger partial charge is 0.408 e. The number of amides is 3. The monoisotopic (exact) mass is 529 g/mol. The van der Waals surface area contributed by atoms with Gasteiger partial charge in [0.2, 0.25) is 5.91 Å². The van der Waals surface area contributed by atoms with E-state index >= 15 is 0 Å². The maximum Gasteiger partial charge on any atom is 0.408 e. The molecule has 0 aliphatic rings. The summed E-state index contributed by atoms with van der Waals surface area (Å²) in [5, 5.41) is 5.99. The third-order valence-electron chi connectivity index (χ3n) is 5.98. The molecule has 0 bridgehead atoms. The van der Waals surface area contributed by atoms with Crippen molar-refractivity contribution < 1.29 is 19.1 Å². The summed E-state index contributed by atoms with van der Waals surface area (Å²) in [5.41, 5.74) is 2.37. The highest BCUT2D eigenvalue weighted by atomic mass is 35.5. The molecule has 0 aliphatic heterocycles. The molecule has 2 N–H and O–H groups in total. The Morgan fingerprint density at radius 3 is 2.03 bits per heavy atom. The molecule has 37 heavy (non-hydrogen) atoms. The van der Waals surface area contributed by atoms with Gasteiger partial charge in [-0.2, -0.15) is 0 Å². The molecule has 2 unspecified atom stereocenters. The van der Waals surface area contributed by atoms with Crippen molar-refractivity contribution in [3.63, 3.8) is 0 Å². The van der Waals surface area contributed by atoms with Crippen LogP contribution in [-0.4, -0.2) is 40.0 Å². The molecule has 0 radical (unpaired) electrons. The minimum absolute atomic E-state index is 0.404. The van der Waals surface area contributed by atoms with Gasteiger partial charge in [-0.05, 0) is 97.6 Å². The lowest BCUT2D eigenvalue weighted by Gasteiger charge is -2.43. The lowest BCUT2D eigenvalue weighted by molar-refractivity contribution is -0.146. The third kappa shape index (κ3) is 7.71. The van der Waals surface area contributed by atoms with Crippen molar-refractivity contribution in [1.82, 2.24) is 10.2 Å². The highest BCUT2D eigenvalue weighted by molar-refractivity contribution is 6.34. The second-order valence-electron chi connectivity index (χ2n) is 11.4. The van der Waals surface area contributed by atoms with Crippen LogP contribution in [0.4, 0.5) is 10.5 Å². The average Bonchev–Trinajstić information content (AvgIpc) is 2.74. The Hall–Kier alpha value is -3.06. The predicted molar refractivity (Wildman–Crippen MR) is 149 cm³/mol. The molecule has 0 saturated heterocycles. The Morgan fingerprint density at radius 2 is 1.49 bits per heavy atom. The fraction of sp³-hybridized carbons (Fsp3) is 0.483. The molecule has 7 nitrogen and oxygen atoms in total. The summed E-state index contributed by atoms with van der Waals surface area (Å²) in [6, 6.07) is 9.11. The molecule has 0 fully saturated rings. The van der Waals surface area contributed by atoms with Gasteiger partial charge in [-0.3, -0.25) is 9.59 Å². The Kier molecular flexibility index (Phi) is 9.42. The molecule has 3 amide bonds. The van der Waals surface area contributed by atoms with Crippen molar-refractivity contribution >= 4 is 35.2 Å². The van der Waals surface area contributed by atoms with Crippen LogP contribution < -0.4 is 10.6 Å². The second-order valence-corrected chi connectivity index (χ2v) is 11.8. The van der Waals surface area contributed by atoms with Gasteiger partial charge in [0, 0.05) is 5.54 Å². The first kappa shape index (κ1) is 30.2. The number of benzene rings is 2. The van der Waals surface area contributed by atoms with Crippen LogP contribution >= 0.6 is 11.6 Å². The van der Waals surface area contributed by atoms with Gasteiger partial charge in [-0.25, -0.2) is 4.79 Å². The average molecular weight is 530 g/mol. The number of hydrogen-bond acceptors (Lipinski definition) is 4. The van der Waals surface area contributed by atoms with E-state index in [9.17, 15) is 14.4 Å². The summed E-state index contributed by atoms with van der Waals surface area (Å²) in [5.74, 6) is -0.826. The highest BCUT2D eigenvalue weighted by Gasteiger charge is 2.41. The zero-order chi connectivity index (χ0) is 28.3. The Balaban J connectivity index is 2.60. The number of rotatable bonds is 6. The van der Waals surface area contributed by atoms with Crippen LogP contribution in [0.15, 0.2) is 36.4 Å². The summed E-state index contributed by atoms with van der Waals surface area (Å²) in [4.78, 5) is 41.9. The van der Waals surface area contributed by atoms with E-state index in [4.69, 9.17) is 16.3 Å². The number of carbonyl (C=O) groups is 3. The van der Waals surface area contributed by atoms with Crippen LogP contribution in [0.25, 0.3) is 0 Å². The van der Waals surface area contributed by atoms with Gasteiger partial charge in [-0.1, -0.05) is 41.9 Å². The fourth-order valence-corrected chi connectivity index (χ4v) is 4.32. The van der Waals surface area contributed by atoms with E-state index in [0.29, 0.717) is 16.3 Å². The number of nitrogens with one attached hydrogen (secondary N) is 2. The van der Waals surface area contributed by atoms with Gasteiger partial charge in [0.25, 0.3) is 5.91 Å². The number of alkyl carbamates (subject to hydrolysis) is 1. The van der Waals surface area contributed by atoms with Gasteiger partial charge >= 0.3 is 6.09 Å². The van der Waals surface area contributed by atoms with Gasteiger partial charge in [-0.15, -0.1) is 0 Å². The number of aryl methyl sites for hydroxylation is 2. The lowest BCUT2D eigenvalue weighted by Crippen LogP contribution is -2.57. The lowest BCUT2D eigenvalue weighted by atomic mass is 9.91. The van der Waals surface area contributed by atoms with Crippen molar-refractivity contribution in [3.8, 4) is 0 Å². The molecule has 8 heteroatoms. The first-order chi connectivity index (χ1) is 16.9. The van der Waals surface area contributed by atoms with Crippen LogP contribution in [0.5, 0.6) is 0 Å². The van der Waals surface area contributed by atoms with E-state index in [0.717, 1.165) is 16.7 Å². The normalized spacial score (nSPS) is 13.4. The molecule has 0 aliphatic carbocycles. The van der Waals surface area contributed by atoms with Gasteiger partial charge in [0.1, 0.15) is 17.7 Å². The predicted octanol–water partition coefficient (Wildman–Crippen LogP) is 6.49. The second kappa shape index (κ2) is 11.5. The molecule has 0 aromatic heterocycles. The standard InChI is InChI=1S/C29H40ClN3O4/c1-17-13-11-15-21(19(17)3)24(25(34)32-23-18(2)14-12-16-22(23)30)33(28(5,6)7)26(35)20(4)31-27(36)37-29(8,9)10/h11-16,20,24H,1-10H3,(H,31,36)(H,32,34). The summed E-state index contributed by atoms with van der Waals surface area (Å²) in [6.45, 7) is 18.1. The van der Waals surface area contributed by atoms with E-state index in [2.05, 4.69) is 10.6 Å². The molecule has 2 rings (SSSR count). The Labute approximate surface area is 225 Å². The highest BCUT2D eigenvalue weighted by Crippen LogP contribution is 2.35. The summed E-state index contributed by atoms with van der Waals surface area (Å²) < 4.78 is 5.34. The van der Waals surface area contributed by atoms with Gasteiger partial charge < -0.3 is 20.3 Å². The fourth-order valence-electron chi connectivity index (χ4n) is 4.05. The zero-order valence-electron chi connectivity index (χ0n) is 23.6. The minimum atomic E-state index is -0.994. The topological polar surface area (TPSA) is 87.7 Å². The number of para-hydroxylation sites is 1. The van der Waals surface area contributed by atoms with E-state index in [1.807, 2.05) is 71.9 Å². The van der Waals surface area contributed by atoms with Crippen LogP contribution in [0.3, 0.4) is 0 Å². The van der Waals surface area contributed by atoms with Crippen molar-refractivity contribution in [2.45, 2.75) is 92.5 Å². The molecule has 202 valence electrons. The number of halogens is 1. The van der Waals surface area contributed by atoms with Crippen molar-refractivity contribution in [2.75, 3.05) is 5.32 Å². The molecular weight excluding hydrogens is 490 g/mol. The number of ether oxygens (including phenoxy) is 1. The van der Waals surface area contributed by atoms with E-state index < -0.39 is 41.1 Å². The van der Waals surface area contributed by atoms with Crippen molar-refractivity contribution in [2.24, 2.45) is 0 Å². The van der Waals surface area contributed by atoms with Crippen LogP contribution in [0.2, 0.25) is 5.02 Å².